The number of ether oxygens (including phenoxy) is 1. The van der Waals surface area contributed by atoms with Gasteiger partial charge in [0.25, 0.3) is 0 Å². The topological polar surface area (TPSA) is 44.1 Å². The van der Waals surface area contributed by atoms with Gasteiger partial charge in [-0.3, -0.25) is 4.79 Å². The van der Waals surface area contributed by atoms with E-state index in [1.165, 1.54) is 18.4 Å². The summed E-state index contributed by atoms with van der Waals surface area (Å²) in [4.78, 5) is 16.7. The molecule has 1 atom stereocenters. The Bertz CT molecular complexity index is 656. The summed E-state index contributed by atoms with van der Waals surface area (Å²) < 4.78 is 7.37. The Morgan fingerprint density at radius 1 is 1.50 bits per heavy atom. The first-order chi connectivity index (χ1) is 9.61. The van der Waals surface area contributed by atoms with Gasteiger partial charge in [-0.05, 0) is 51.3 Å². The van der Waals surface area contributed by atoms with E-state index in [4.69, 9.17) is 9.72 Å². The average molecular weight is 272 g/mol. The summed E-state index contributed by atoms with van der Waals surface area (Å²) in [5.41, 5.74) is 3.29. The van der Waals surface area contributed by atoms with E-state index in [9.17, 15) is 4.79 Å². The van der Waals surface area contributed by atoms with E-state index >= 15 is 0 Å². The van der Waals surface area contributed by atoms with Crippen LogP contribution in [-0.4, -0.2) is 22.1 Å². The minimum Gasteiger partial charge on any atom is -0.465 e. The molecule has 1 aromatic carbocycles. The predicted molar refractivity (Wildman–Crippen MR) is 77.8 cm³/mol. The molecule has 3 rings (SSSR count). The van der Waals surface area contributed by atoms with Gasteiger partial charge in [-0.2, -0.15) is 0 Å². The first-order valence-corrected chi connectivity index (χ1v) is 7.27. The minimum absolute atomic E-state index is 0.193. The fourth-order valence-electron chi connectivity index (χ4n) is 2.62. The lowest BCUT2D eigenvalue weighted by atomic mass is 10.1. The van der Waals surface area contributed by atoms with E-state index in [-0.39, 0.29) is 11.9 Å². The Labute approximate surface area is 118 Å². The van der Waals surface area contributed by atoms with Gasteiger partial charge in [0.2, 0.25) is 0 Å². The van der Waals surface area contributed by atoms with E-state index in [1.807, 2.05) is 13.8 Å². The van der Waals surface area contributed by atoms with Gasteiger partial charge >= 0.3 is 5.97 Å². The first-order valence-electron chi connectivity index (χ1n) is 7.27. The zero-order chi connectivity index (χ0) is 14.3. The van der Waals surface area contributed by atoms with Crippen LogP contribution in [0.1, 0.15) is 50.0 Å². The Morgan fingerprint density at radius 2 is 2.25 bits per heavy atom. The lowest BCUT2D eigenvalue weighted by Crippen LogP contribution is -2.17. The molecule has 0 spiro atoms. The zero-order valence-corrected chi connectivity index (χ0v) is 12.2. The molecule has 0 radical (unpaired) electrons. The number of carbonyl (C=O) groups excluding carboxylic acids is 1. The molecule has 20 heavy (non-hydrogen) atoms. The van der Waals surface area contributed by atoms with E-state index in [0.717, 1.165) is 16.9 Å². The monoisotopic (exact) mass is 272 g/mol. The molecular formula is C16H20N2O2. The third-order valence-corrected chi connectivity index (χ3v) is 3.81. The summed E-state index contributed by atoms with van der Waals surface area (Å²) in [7, 11) is 0. The molecule has 2 aromatic rings. The van der Waals surface area contributed by atoms with Gasteiger partial charge in [0.1, 0.15) is 11.7 Å². The van der Waals surface area contributed by atoms with Crippen LogP contribution in [0.25, 0.3) is 11.0 Å². The molecule has 1 saturated carbocycles. The fourth-order valence-corrected chi connectivity index (χ4v) is 2.62. The maximum Gasteiger partial charge on any atom is 0.316 e. The number of rotatable bonds is 4. The van der Waals surface area contributed by atoms with E-state index in [0.29, 0.717) is 12.6 Å². The van der Waals surface area contributed by atoms with Crippen molar-refractivity contribution in [3.8, 4) is 0 Å². The van der Waals surface area contributed by atoms with Crippen LogP contribution in [-0.2, 0) is 9.53 Å². The van der Waals surface area contributed by atoms with Crippen molar-refractivity contribution in [2.45, 2.75) is 45.6 Å². The summed E-state index contributed by atoms with van der Waals surface area (Å²) in [6.45, 7) is 6.18. The molecular weight excluding hydrogens is 252 g/mol. The molecule has 1 aliphatic rings. The smallest absolute Gasteiger partial charge is 0.316 e. The van der Waals surface area contributed by atoms with Gasteiger partial charge < -0.3 is 9.30 Å². The molecule has 0 saturated heterocycles. The highest BCUT2D eigenvalue weighted by Gasteiger charge is 2.32. The number of hydrogen-bond donors (Lipinski definition) is 0. The van der Waals surface area contributed by atoms with Crippen molar-refractivity contribution < 1.29 is 9.53 Å². The van der Waals surface area contributed by atoms with Crippen LogP contribution in [0.5, 0.6) is 0 Å². The molecule has 1 fully saturated rings. The fraction of sp³-hybridized carbons (Fsp3) is 0.500. The summed E-state index contributed by atoms with van der Waals surface area (Å²) in [5, 5.41) is 0. The van der Waals surface area contributed by atoms with E-state index in [2.05, 4.69) is 29.7 Å². The Kier molecular flexibility index (Phi) is 3.24. The molecule has 0 aliphatic heterocycles. The van der Waals surface area contributed by atoms with Crippen molar-refractivity contribution in [2.75, 3.05) is 6.61 Å². The van der Waals surface area contributed by atoms with Crippen LogP contribution in [0.3, 0.4) is 0 Å². The Morgan fingerprint density at radius 3 is 2.90 bits per heavy atom. The summed E-state index contributed by atoms with van der Waals surface area (Å²) >= 11 is 0. The molecule has 0 amide bonds. The maximum atomic E-state index is 12.0. The van der Waals surface area contributed by atoms with Gasteiger partial charge in [0.15, 0.2) is 0 Å². The Hall–Kier alpha value is -1.84. The molecule has 1 heterocycles. The third-order valence-electron chi connectivity index (χ3n) is 3.81. The van der Waals surface area contributed by atoms with Crippen LogP contribution in [0, 0.1) is 6.92 Å². The number of aryl methyl sites for hydroxylation is 1. The summed E-state index contributed by atoms with van der Waals surface area (Å²) in [5.74, 6) is 0.330. The molecule has 0 bridgehead atoms. The number of aromatic nitrogens is 2. The molecule has 1 aliphatic carbocycles. The standard InChI is InChI=1S/C16H20N2O2/c1-4-20-16(19)11(3)15-17-13-9-10(2)5-8-14(13)18(15)12-6-7-12/h5,8-9,11-12H,4,6-7H2,1-3H3. The maximum absolute atomic E-state index is 12.0. The van der Waals surface area contributed by atoms with Gasteiger partial charge in [0.05, 0.1) is 17.6 Å². The van der Waals surface area contributed by atoms with Crippen LogP contribution >= 0.6 is 0 Å². The number of fused-ring (bicyclic) bond motifs is 1. The molecule has 4 nitrogen and oxygen atoms in total. The first kappa shape index (κ1) is 13.2. The lowest BCUT2D eigenvalue weighted by molar-refractivity contribution is -0.144. The highest BCUT2D eigenvalue weighted by atomic mass is 16.5. The third kappa shape index (κ3) is 2.19. The minimum atomic E-state index is -0.316. The van der Waals surface area contributed by atoms with Crippen molar-refractivity contribution in [1.82, 2.24) is 9.55 Å². The van der Waals surface area contributed by atoms with Gasteiger partial charge in [-0.25, -0.2) is 4.98 Å². The summed E-state index contributed by atoms with van der Waals surface area (Å²) in [6.07, 6.45) is 2.34. The van der Waals surface area contributed by atoms with Crippen molar-refractivity contribution in [1.29, 1.82) is 0 Å². The second-order valence-electron chi connectivity index (χ2n) is 5.54. The molecule has 1 aromatic heterocycles. The average Bonchev–Trinajstić information content (AvgIpc) is 3.19. The number of esters is 1. The summed E-state index contributed by atoms with van der Waals surface area (Å²) in [6, 6.07) is 6.78. The van der Waals surface area contributed by atoms with E-state index in [1.54, 1.807) is 0 Å². The van der Waals surface area contributed by atoms with E-state index < -0.39 is 0 Å². The predicted octanol–water partition coefficient (Wildman–Crippen LogP) is 3.35. The van der Waals surface area contributed by atoms with Crippen molar-refractivity contribution in [3.63, 3.8) is 0 Å². The second kappa shape index (κ2) is 4.93. The quantitative estimate of drug-likeness (QED) is 0.802. The molecule has 1 unspecified atom stereocenters. The van der Waals surface area contributed by atoms with Crippen LogP contribution in [0.4, 0.5) is 0 Å². The van der Waals surface area contributed by atoms with Crippen molar-refractivity contribution in [2.24, 2.45) is 0 Å². The van der Waals surface area contributed by atoms with Crippen molar-refractivity contribution in [3.05, 3.63) is 29.6 Å². The largest absolute Gasteiger partial charge is 0.465 e. The molecule has 0 N–H and O–H groups in total. The highest BCUT2D eigenvalue weighted by Crippen LogP contribution is 2.40. The lowest BCUT2D eigenvalue weighted by Gasteiger charge is -2.13. The normalized spacial score (nSPS) is 16.4. The van der Waals surface area contributed by atoms with Crippen molar-refractivity contribution >= 4 is 17.0 Å². The van der Waals surface area contributed by atoms with Gasteiger partial charge in [0, 0.05) is 6.04 Å². The van der Waals surface area contributed by atoms with Gasteiger partial charge in [-0.15, -0.1) is 0 Å². The SMILES string of the molecule is CCOC(=O)C(C)c1nc2cc(C)ccc2n1C1CC1. The number of benzene rings is 1. The Balaban J connectivity index is 2.09. The molecule has 106 valence electrons. The number of imidazole rings is 1. The number of carbonyl (C=O) groups is 1. The number of nitrogens with zero attached hydrogens (tertiary/aromatic N) is 2. The van der Waals surface area contributed by atoms with Gasteiger partial charge in [-0.1, -0.05) is 6.07 Å². The van der Waals surface area contributed by atoms with Crippen LogP contribution < -0.4 is 0 Å². The zero-order valence-electron chi connectivity index (χ0n) is 12.2. The second-order valence-corrected chi connectivity index (χ2v) is 5.54. The molecule has 4 heteroatoms. The van der Waals surface area contributed by atoms with Crippen LogP contribution in [0.15, 0.2) is 18.2 Å². The number of hydrogen-bond acceptors (Lipinski definition) is 3. The van der Waals surface area contributed by atoms with Crippen LogP contribution in [0.2, 0.25) is 0 Å². The highest BCUT2D eigenvalue weighted by molar-refractivity contribution is 5.81.